The van der Waals surface area contributed by atoms with Crippen molar-refractivity contribution in [2.75, 3.05) is 6.61 Å². The molecule has 0 unspecified atom stereocenters. The largest absolute Gasteiger partial charge is 0.452 e. The maximum atomic E-state index is 12.8. The first-order valence-electron chi connectivity index (χ1n) is 9.46. The number of esters is 1. The van der Waals surface area contributed by atoms with E-state index in [1.807, 2.05) is 4.90 Å². The van der Waals surface area contributed by atoms with Gasteiger partial charge in [-0.05, 0) is 58.4 Å². The number of rotatable bonds is 5. The molecule has 0 radical (unpaired) electrons. The second-order valence-electron chi connectivity index (χ2n) is 7.27. The van der Waals surface area contributed by atoms with Crippen molar-refractivity contribution in [3.63, 3.8) is 0 Å². The molecule has 0 spiro atoms. The van der Waals surface area contributed by atoms with Crippen molar-refractivity contribution in [2.45, 2.75) is 58.4 Å². The van der Waals surface area contributed by atoms with E-state index in [0.29, 0.717) is 28.1 Å². The highest BCUT2D eigenvalue weighted by Gasteiger charge is 2.35. The van der Waals surface area contributed by atoms with Gasteiger partial charge in [0, 0.05) is 17.4 Å². The van der Waals surface area contributed by atoms with Crippen molar-refractivity contribution < 1.29 is 18.8 Å². The molecule has 7 heteroatoms. The molecule has 0 atom stereocenters. The fourth-order valence-corrected chi connectivity index (χ4v) is 3.62. The van der Waals surface area contributed by atoms with Crippen molar-refractivity contribution in [3.8, 4) is 0 Å². The zero-order chi connectivity index (χ0) is 19.0. The Morgan fingerprint density at radius 1 is 1.30 bits per heavy atom. The number of carbonyl (C=O) groups excluding carboxylic acids is 2. The lowest BCUT2D eigenvalue weighted by Crippen LogP contribution is -2.36. The van der Waals surface area contributed by atoms with Crippen molar-refractivity contribution in [1.29, 1.82) is 0 Å². The molecular formula is C20H23N3O4. The molecule has 1 amide bonds. The van der Waals surface area contributed by atoms with Gasteiger partial charge < -0.3 is 14.2 Å². The quantitative estimate of drug-likeness (QED) is 0.751. The van der Waals surface area contributed by atoms with Crippen molar-refractivity contribution in [2.24, 2.45) is 0 Å². The van der Waals surface area contributed by atoms with E-state index in [2.05, 4.69) is 16.2 Å². The van der Waals surface area contributed by atoms with Crippen LogP contribution in [0.4, 0.5) is 0 Å². The van der Waals surface area contributed by atoms with Crippen molar-refractivity contribution in [3.05, 3.63) is 34.8 Å². The van der Waals surface area contributed by atoms with Crippen LogP contribution in [0.2, 0.25) is 0 Å². The minimum absolute atomic E-state index is 0.150. The Hall–Kier alpha value is -2.70. The fourth-order valence-electron chi connectivity index (χ4n) is 3.62. The molecule has 27 heavy (non-hydrogen) atoms. The summed E-state index contributed by atoms with van der Waals surface area (Å²) in [6.07, 6.45) is 8.37. The molecule has 2 heterocycles. The maximum Gasteiger partial charge on any atom is 0.339 e. The molecule has 0 bridgehead atoms. The zero-order valence-corrected chi connectivity index (χ0v) is 15.7. The van der Waals surface area contributed by atoms with E-state index in [4.69, 9.17) is 9.26 Å². The van der Waals surface area contributed by atoms with E-state index in [-0.39, 0.29) is 18.6 Å². The Bertz CT molecular complexity index is 927. The highest BCUT2D eigenvalue weighted by atomic mass is 16.5. The van der Waals surface area contributed by atoms with Gasteiger partial charge in [-0.2, -0.15) is 0 Å². The van der Waals surface area contributed by atoms with E-state index >= 15 is 0 Å². The first-order chi connectivity index (χ1) is 13.0. The smallest absolute Gasteiger partial charge is 0.339 e. The molecule has 0 N–H and O–H groups in total. The lowest BCUT2D eigenvalue weighted by molar-refractivity contribution is -0.133. The average Bonchev–Trinajstić information content (AvgIpc) is 3.43. The minimum Gasteiger partial charge on any atom is -0.452 e. The van der Waals surface area contributed by atoms with Gasteiger partial charge in [-0.1, -0.05) is 11.2 Å². The maximum absolute atomic E-state index is 12.8. The number of amides is 1. The van der Waals surface area contributed by atoms with Gasteiger partial charge in [-0.15, -0.1) is 0 Å². The van der Waals surface area contributed by atoms with Gasteiger partial charge in [0.1, 0.15) is 0 Å². The van der Waals surface area contributed by atoms with Gasteiger partial charge >= 0.3 is 5.97 Å². The summed E-state index contributed by atoms with van der Waals surface area (Å²) in [5.74, 6) is -0.707. The number of hydrogen-bond donors (Lipinski definition) is 0. The number of ether oxygens (including phenoxy) is 1. The third kappa shape index (κ3) is 3.59. The summed E-state index contributed by atoms with van der Waals surface area (Å²) in [7, 11) is 0. The van der Waals surface area contributed by atoms with E-state index in [0.717, 1.165) is 37.8 Å². The normalized spacial score (nSPS) is 16.9. The van der Waals surface area contributed by atoms with Gasteiger partial charge in [0.2, 0.25) is 0 Å². The predicted molar refractivity (Wildman–Crippen MR) is 98.0 cm³/mol. The highest BCUT2D eigenvalue weighted by Crippen LogP contribution is 2.33. The summed E-state index contributed by atoms with van der Waals surface area (Å²) >= 11 is 0. The number of nitrogens with zero attached hydrogens (tertiary/aromatic N) is 3. The highest BCUT2D eigenvalue weighted by molar-refractivity contribution is 6.03. The summed E-state index contributed by atoms with van der Waals surface area (Å²) in [5, 5.41) is 4.40. The summed E-state index contributed by atoms with van der Waals surface area (Å²) in [6, 6.07) is 1.90. The Labute approximate surface area is 157 Å². The molecule has 2 aliphatic carbocycles. The van der Waals surface area contributed by atoms with Crippen molar-refractivity contribution in [1.82, 2.24) is 15.0 Å². The Morgan fingerprint density at radius 3 is 2.81 bits per heavy atom. The monoisotopic (exact) mass is 369 g/mol. The van der Waals surface area contributed by atoms with Crippen LogP contribution in [0.5, 0.6) is 0 Å². The molecule has 0 aliphatic heterocycles. The van der Waals surface area contributed by atoms with Gasteiger partial charge in [-0.3, -0.25) is 4.79 Å². The van der Waals surface area contributed by atoms with Crippen LogP contribution in [-0.4, -0.2) is 39.6 Å². The van der Waals surface area contributed by atoms with Gasteiger partial charge in [-0.25, -0.2) is 9.78 Å². The van der Waals surface area contributed by atoms with Crippen LogP contribution >= 0.6 is 0 Å². The molecule has 4 rings (SSSR count). The average molecular weight is 369 g/mol. The van der Waals surface area contributed by atoms with Crippen LogP contribution < -0.4 is 0 Å². The van der Waals surface area contributed by atoms with Crippen LogP contribution in [0, 0.1) is 13.8 Å². The van der Waals surface area contributed by atoms with Crippen LogP contribution in [-0.2, 0) is 9.53 Å². The molecule has 0 saturated heterocycles. The lowest BCUT2D eigenvalue weighted by atomic mass is 10.0. The fraction of sp³-hybridized carbons (Fsp3) is 0.500. The van der Waals surface area contributed by atoms with E-state index in [1.165, 1.54) is 6.42 Å². The van der Waals surface area contributed by atoms with Gasteiger partial charge in [0.25, 0.3) is 11.6 Å². The number of carbonyl (C=O) groups is 2. The Balaban J connectivity index is 1.50. The molecule has 0 aromatic carbocycles. The minimum atomic E-state index is -0.557. The molecular weight excluding hydrogens is 346 g/mol. The van der Waals surface area contributed by atoms with Crippen LogP contribution in [0.1, 0.15) is 60.3 Å². The summed E-state index contributed by atoms with van der Waals surface area (Å²) < 4.78 is 10.5. The Morgan fingerprint density at radius 2 is 2.11 bits per heavy atom. The molecule has 1 saturated carbocycles. The second kappa shape index (κ2) is 7.13. The van der Waals surface area contributed by atoms with Crippen LogP contribution in [0.3, 0.4) is 0 Å². The third-order valence-corrected chi connectivity index (χ3v) is 5.05. The number of aryl methyl sites for hydroxylation is 2. The molecule has 2 aromatic heterocycles. The van der Waals surface area contributed by atoms with Crippen molar-refractivity contribution >= 4 is 23.0 Å². The first kappa shape index (κ1) is 17.7. The molecule has 2 aliphatic rings. The number of hydrogen-bond acceptors (Lipinski definition) is 6. The molecule has 7 nitrogen and oxygen atoms in total. The van der Waals surface area contributed by atoms with E-state index in [9.17, 15) is 9.59 Å². The predicted octanol–water partition coefficient (Wildman–Crippen LogP) is 3.45. The summed E-state index contributed by atoms with van der Waals surface area (Å²) in [5.41, 5.74) is 2.92. The lowest BCUT2D eigenvalue weighted by Gasteiger charge is -2.27. The number of pyridine rings is 1. The number of fused-ring (bicyclic) bond motifs is 1. The van der Waals surface area contributed by atoms with Crippen LogP contribution in [0.15, 0.2) is 22.4 Å². The SMILES string of the molecule is Cc1cc(C(=O)OCC(=O)N(C2=CCCCC2)C2CC2)c2c(C)noc2n1. The number of aromatic nitrogens is 2. The van der Waals surface area contributed by atoms with Gasteiger partial charge in [0.05, 0.1) is 16.6 Å². The van der Waals surface area contributed by atoms with E-state index in [1.54, 1.807) is 19.9 Å². The second-order valence-corrected chi connectivity index (χ2v) is 7.27. The zero-order valence-electron chi connectivity index (χ0n) is 15.7. The van der Waals surface area contributed by atoms with Gasteiger partial charge in [0.15, 0.2) is 6.61 Å². The molecule has 1 fully saturated rings. The Kier molecular flexibility index (Phi) is 4.68. The van der Waals surface area contributed by atoms with E-state index < -0.39 is 5.97 Å². The summed E-state index contributed by atoms with van der Waals surface area (Å²) in [6.45, 7) is 3.25. The molecule has 2 aromatic rings. The number of allylic oxidation sites excluding steroid dienone is 2. The third-order valence-electron chi connectivity index (χ3n) is 5.05. The first-order valence-corrected chi connectivity index (χ1v) is 9.46. The van der Waals surface area contributed by atoms with Crippen LogP contribution in [0.25, 0.3) is 11.1 Å². The standard InChI is InChI=1S/C20H23N3O4/c1-12-10-16(18-13(2)22-27-19(18)21-12)20(25)26-11-17(24)23(15-8-9-15)14-6-4-3-5-7-14/h6,10,15H,3-5,7-9,11H2,1-2H3. The topological polar surface area (TPSA) is 85.5 Å². The molecule has 142 valence electrons. The summed E-state index contributed by atoms with van der Waals surface area (Å²) in [4.78, 5) is 31.5.